The van der Waals surface area contributed by atoms with Crippen LogP contribution in [0.25, 0.3) is 0 Å². The Bertz CT molecular complexity index is 383. The van der Waals surface area contributed by atoms with Crippen LogP contribution in [0, 0.1) is 5.92 Å². The Labute approximate surface area is 98.7 Å². The molecule has 2 rings (SSSR count). The Morgan fingerprint density at radius 1 is 1.35 bits per heavy atom. The fourth-order valence-electron chi connectivity index (χ4n) is 1.79. The van der Waals surface area contributed by atoms with E-state index in [-0.39, 0.29) is 11.8 Å². The van der Waals surface area contributed by atoms with Gasteiger partial charge >= 0.3 is 6.03 Å². The van der Waals surface area contributed by atoms with Gasteiger partial charge in [0.25, 0.3) is 0 Å². The zero-order valence-electron chi connectivity index (χ0n) is 9.36. The highest BCUT2D eigenvalue weighted by Gasteiger charge is 2.22. The van der Waals surface area contributed by atoms with Crippen molar-refractivity contribution in [1.82, 2.24) is 10.6 Å². The lowest BCUT2D eigenvalue weighted by Crippen LogP contribution is -2.42. The normalized spacial score (nSPS) is 16.5. The molecule has 92 valence electrons. The highest BCUT2D eigenvalue weighted by atomic mass is 16.3. The second-order valence-corrected chi connectivity index (χ2v) is 3.94. The van der Waals surface area contributed by atoms with Crippen molar-refractivity contribution in [1.29, 1.82) is 0 Å². The first-order valence-electron chi connectivity index (χ1n) is 5.62. The van der Waals surface area contributed by atoms with Gasteiger partial charge in [-0.05, 0) is 32.0 Å². The van der Waals surface area contributed by atoms with E-state index >= 15 is 0 Å². The van der Waals surface area contributed by atoms with E-state index in [1.54, 1.807) is 12.1 Å². The summed E-state index contributed by atoms with van der Waals surface area (Å²) in [4.78, 5) is 23.2. The van der Waals surface area contributed by atoms with Crippen molar-refractivity contribution in [3.05, 3.63) is 18.4 Å². The summed E-state index contributed by atoms with van der Waals surface area (Å²) in [5.41, 5.74) is 0. The first-order chi connectivity index (χ1) is 8.25. The molecule has 0 aromatic carbocycles. The van der Waals surface area contributed by atoms with Gasteiger partial charge in [0.1, 0.15) is 0 Å². The van der Waals surface area contributed by atoms with Gasteiger partial charge in [-0.2, -0.15) is 0 Å². The predicted molar refractivity (Wildman–Crippen MR) is 61.5 cm³/mol. The second kappa shape index (κ2) is 5.49. The zero-order valence-corrected chi connectivity index (χ0v) is 9.36. The average molecular weight is 237 g/mol. The number of furan rings is 1. The molecule has 0 bridgehead atoms. The summed E-state index contributed by atoms with van der Waals surface area (Å²) in [6, 6.07) is 2.71. The summed E-state index contributed by atoms with van der Waals surface area (Å²) >= 11 is 0. The predicted octanol–water partition coefficient (Wildman–Crippen LogP) is 0.927. The van der Waals surface area contributed by atoms with E-state index in [1.165, 1.54) is 6.26 Å². The van der Waals surface area contributed by atoms with Crippen LogP contribution in [0.15, 0.2) is 22.8 Å². The first kappa shape index (κ1) is 11.7. The van der Waals surface area contributed by atoms with Gasteiger partial charge in [-0.15, -0.1) is 0 Å². The van der Waals surface area contributed by atoms with Gasteiger partial charge in [-0.1, -0.05) is 0 Å². The minimum Gasteiger partial charge on any atom is -0.449 e. The van der Waals surface area contributed by atoms with Gasteiger partial charge in [-0.25, -0.2) is 4.79 Å². The van der Waals surface area contributed by atoms with Crippen molar-refractivity contribution in [2.45, 2.75) is 12.8 Å². The molecular weight excluding hydrogens is 222 g/mol. The fourth-order valence-corrected chi connectivity index (χ4v) is 1.79. The van der Waals surface area contributed by atoms with Crippen LogP contribution in [-0.4, -0.2) is 25.0 Å². The zero-order chi connectivity index (χ0) is 12.1. The molecule has 1 saturated heterocycles. The Hall–Kier alpha value is -1.82. The van der Waals surface area contributed by atoms with Crippen LogP contribution >= 0.6 is 0 Å². The lowest BCUT2D eigenvalue weighted by molar-refractivity contribution is -0.124. The number of hydrogen-bond acceptors (Lipinski definition) is 4. The Balaban J connectivity index is 1.79. The number of hydrogen-bond donors (Lipinski definition) is 3. The maximum absolute atomic E-state index is 11.7. The third kappa shape index (κ3) is 3.32. The van der Waals surface area contributed by atoms with Gasteiger partial charge in [-0.3, -0.25) is 15.4 Å². The standard InChI is InChI=1S/C11H15N3O3/c15-10(8-3-5-12-6-4-8)14-11(16)13-9-2-1-7-17-9/h1-2,7-8,12H,3-6H2,(H2,13,14,15,16). The van der Waals surface area contributed by atoms with Gasteiger partial charge in [0, 0.05) is 12.0 Å². The van der Waals surface area contributed by atoms with Crippen LogP contribution < -0.4 is 16.0 Å². The maximum atomic E-state index is 11.7. The highest BCUT2D eigenvalue weighted by molar-refractivity contribution is 6.01. The fraction of sp³-hybridized carbons (Fsp3) is 0.455. The van der Waals surface area contributed by atoms with Crippen molar-refractivity contribution in [2.24, 2.45) is 5.92 Å². The number of urea groups is 1. The lowest BCUT2D eigenvalue weighted by Gasteiger charge is -2.21. The van der Waals surface area contributed by atoms with E-state index in [0.717, 1.165) is 25.9 Å². The molecule has 0 spiro atoms. The average Bonchev–Trinajstić information content (AvgIpc) is 2.82. The summed E-state index contributed by atoms with van der Waals surface area (Å²) in [6.07, 6.45) is 2.98. The molecule has 0 unspecified atom stereocenters. The van der Waals surface area contributed by atoms with Crippen molar-refractivity contribution < 1.29 is 14.0 Å². The van der Waals surface area contributed by atoms with Gasteiger partial charge in [0.05, 0.1) is 6.26 Å². The van der Waals surface area contributed by atoms with Crippen molar-refractivity contribution in [3.63, 3.8) is 0 Å². The SMILES string of the molecule is O=C(NC(=O)C1CCNCC1)Nc1ccco1. The number of rotatable bonds is 2. The number of amides is 3. The molecule has 6 nitrogen and oxygen atoms in total. The second-order valence-electron chi connectivity index (χ2n) is 3.94. The van der Waals surface area contributed by atoms with E-state index in [9.17, 15) is 9.59 Å². The Kier molecular flexibility index (Phi) is 3.77. The number of anilines is 1. The van der Waals surface area contributed by atoms with E-state index in [2.05, 4.69) is 16.0 Å². The number of carbonyl (C=O) groups excluding carboxylic acids is 2. The third-order valence-corrected chi connectivity index (χ3v) is 2.70. The van der Waals surface area contributed by atoms with Crippen LogP contribution in [-0.2, 0) is 4.79 Å². The number of carbonyl (C=O) groups is 2. The van der Waals surface area contributed by atoms with E-state index in [0.29, 0.717) is 5.88 Å². The highest BCUT2D eigenvalue weighted by Crippen LogP contribution is 2.11. The van der Waals surface area contributed by atoms with Crippen LogP contribution in [0.1, 0.15) is 12.8 Å². The van der Waals surface area contributed by atoms with Crippen LogP contribution in [0.3, 0.4) is 0 Å². The molecule has 1 aliphatic heterocycles. The maximum Gasteiger partial charge on any atom is 0.328 e. The molecule has 3 amide bonds. The molecule has 1 aliphatic rings. The van der Waals surface area contributed by atoms with Gasteiger partial charge in [0.15, 0.2) is 0 Å². The molecule has 0 saturated carbocycles. The van der Waals surface area contributed by atoms with E-state index < -0.39 is 6.03 Å². The Morgan fingerprint density at radius 3 is 2.76 bits per heavy atom. The number of imide groups is 1. The minimum absolute atomic E-state index is 0.0846. The summed E-state index contributed by atoms with van der Waals surface area (Å²) in [5.74, 6) is 0.00904. The smallest absolute Gasteiger partial charge is 0.328 e. The van der Waals surface area contributed by atoms with Gasteiger partial charge < -0.3 is 9.73 Å². The number of piperidine rings is 1. The quantitative estimate of drug-likeness (QED) is 0.714. The molecule has 1 aromatic rings. The summed E-state index contributed by atoms with van der Waals surface area (Å²) in [5, 5.41) is 7.91. The number of nitrogens with one attached hydrogen (secondary N) is 3. The largest absolute Gasteiger partial charge is 0.449 e. The molecule has 3 N–H and O–H groups in total. The van der Waals surface area contributed by atoms with Crippen LogP contribution in [0.5, 0.6) is 0 Å². The monoisotopic (exact) mass is 237 g/mol. The Morgan fingerprint density at radius 2 is 2.12 bits per heavy atom. The van der Waals surface area contributed by atoms with E-state index in [1.807, 2.05) is 0 Å². The molecule has 0 atom stereocenters. The molecule has 6 heteroatoms. The molecule has 1 aromatic heterocycles. The molecular formula is C11H15N3O3. The van der Waals surface area contributed by atoms with Crippen molar-refractivity contribution in [3.8, 4) is 0 Å². The topological polar surface area (TPSA) is 83.4 Å². The molecule has 1 fully saturated rings. The molecule has 17 heavy (non-hydrogen) atoms. The van der Waals surface area contributed by atoms with E-state index in [4.69, 9.17) is 4.42 Å². The third-order valence-electron chi connectivity index (χ3n) is 2.70. The lowest BCUT2D eigenvalue weighted by atomic mass is 9.97. The summed E-state index contributed by atoms with van der Waals surface area (Å²) < 4.78 is 4.94. The molecule has 0 radical (unpaired) electrons. The molecule has 2 heterocycles. The van der Waals surface area contributed by atoms with Gasteiger partial charge in [0.2, 0.25) is 11.8 Å². The summed E-state index contributed by atoms with van der Waals surface area (Å²) in [6.45, 7) is 1.63. The van der Waals surface area contributed by atoms with Crippen molar-refractivity contribution in [2.75, 3.05) is 18.4 Å². The first-order valence-corrected chi connectivity index (χ1v) is 5.62. The van der Waals surface area contributed by atoms with Crippen LogP contribution in [0.4, 0.5) is 10.7 Å². The van der Waals surface area contributed by atoms with Crippen molar-refractivity contribution >= 4 is 17.8 Å². The molecule has 0 aliphatic carbocycles. The summed E-state index contributed by atoms with van der Waals surface area (Å²) in [7, 11) is 0. The van der Waals surface area contributed by atoms with Crippen LogP contribution in [0.2, 0.25) is 0 Å². The minimum atomic E-state index is -0.552.